The van der Waals surface area contributed by atoms with Crippen LogP contribution >= 0.6 is 0 Å². The van der Waals surface area contributed by atoms with Crippen molar-refractivity contribution < 1.29 is 9.84 Å². The third kappa shape index (κ3) is 5.59. The molecule has 1 rings (SSSR count). The highest BCUT2D eigenvalue weighted by Crippen LogP contribution is 2.06. The summed E-state index contributed by atoms with van der Waals surface area (Å²) in [6.07, 6.45) is 1.21. The largest absolute Gasteiger partial charge is 0.383 e. The van der Waals surface area contributed by atoms with Crippen LogP contribution in [-0.4, -0.2) is 74.0 Å². The molecule has 0 radical (unpaired) electrons. The number of nitrogens with zero attached hydrogens (tertiary/aromatic N) is 3. The number of nitrogens with one attached hydrogen (secondary N) is 1. The summed E-state index contributed by atoms with van der Waals surface area (Å²) < 4.78 is 5.02. The van der Waals surface area contributed by atoms with Crippen molar-refractivity contribution in [3.05, 3.63) is 12.3 Å². The fourth-order valence-electron chi connectivity index (χ4n) is 1.77. The molecule has 1 fully saturated rings. The second-order valence-electron chi connectivity index (χ2n) is 4.46. The van der Waals surface area contributed by atoms with Crippen molar-refractivity contribution in [3.63, 3.8) is 0 Å². The van der Waals surface area contributed by atoms with Gasteiger partial charge in [0.25, 0.3) is 0 Å². The van der Waals surface area contributed by atoms with Gasteiger partial charge in [0.05, 0.1) is 19.6 Å². The zero-order valence-corrected chi connectivity index (χ0v) is 11.3. The first-order valence-corrected chi connectivity index (χ1v) is 6.17. The second-order valence-corrected chi connectivity index (χ2v) is 4.46. The lowest BCUT2D eigenvalue weighted by molar-refractivity contribution is -0.0623. The Balaban J connectivity index is 2.23. The first-order valence-electron chi connectivity index (χ1n) is 6.17. The minimum atomic E-state index is -0.432. The Morgan fingerprint density at radius 3 is 3.00 bits per heavy atom. The molecule has 0 aromatic heterocycles. The average Bonchev–Trinajstić information content (AvgIpc) is 2.33. The number of rotatable bonds is 7. The first kappa shape index (κ1) is 15.1. The van der Waals surface area contributed by atoms with Crippen LogP contribution in [0.1, 0.15) is 6.92 Å². The van der Waals surface area contributed by atoms with Gasteiger partial charge in [-0.3, -0.25) is 14.8 Å². The van der Waals surface area contributed by atoms with Crippen molar-refractivity contribution in [2.45, 2.75) is 13.2 Å². The topological polar surface area (TPSA) is 60.3 Å². The molecule has 1 saturated heterocycles. The van der Waals surface area contributed by atoms with Crippen molar-refractivity contribution in [1.29, 1.82) is 0 Å². The molecule has 18 heavy (non-hydrogen) atoms. The van der Waals surface area contributed by atoms with Crippen molar-refractivity contribution in [3.8, 4) is 0 Å². The van der Waals surface area contributed by atoms with Crippen LogP contribution in [0, 0.1) is 0 Å². The fourth-order valence-corrected chi connectivity index (χ4v) is 1.77. The van der Waals surface area contributed by atoms with E-state index in [-0.39, 0.29) is 0 Å². The molecule has 6 heteroatoms. The number of aliphatic imine (C=N–C) groups is 1. The molecular formula is C12H24N4O2. The van der Waals surface area contributed by atoms with E-state index in [1.165, 1.54) is 0 Å². The predicted molar refractivity (Wildman–Crippen MR) is 72.3 cm³/mol. The Hall–Kier alpha value is -0.950. The summed E-state index contributed by atoms with van der Waals surface area (Å²) in [4.78, 5) is 8.37. The number of allylic oxidation sites excluding steroid dienone is 1. The van der Waals surface area contributed by atoms with Crippen LogP contribution in [0.5, 0.6) is 0 Å². The van der Waals surface area contributed by atoms with Gasteiger partial charge < -0.3 is 15.2 Å². The molecule has 0 bridgehead atoms. The maximum atomic E-state index is 9.96. The Labute approximate surface area is 109 Å². The number of methoxy groups -OCH3 is 1. The summed E-state index contributed by atoms with van der Waals surface area (Å²) in [5.74, 6) is 0. The smallest absolute Gasteiger partial charge is 0.120 e. The summed E-state index contributed by atoms with van der Waals surface area (Å²) >= 11 is 0. The van der Waals surface area contributed by atoms with Gasteiger partial charge in [-0.25, -0.2) is 0 Å². The molecule has 0 spiro atoms. The molecule has 1 aliphatic heterocycles. The highest BCUT2D eigenvalue weighted by atomic mass is 16.5. The van der Waals surface area contributed by atoms with E-state index in [1.807, 2.05) is 11.8 Å². The van der Waals surface area contributed by atoms with Gasteiger partial charge >= 0.3 is 0 Å². The van der Waals surface area contributed by atoms with Gasteiger partial charge in [-0.05, 0) is 6.92 Å². The minimum Gasteiger partial charge on any atom is -0.383 e. The van der Waals surface area contributed by atoms with Crippen molar-refractivity contribution in [2.24, 2.45) is 4.99 Å². The molecule has 1 unspecified atom stereocenters. The quantitative estimate of drug-likeness (QED) is 0.483. The lowest BCUT2D eigenvalue weighted by atomic mass is 10.3. The summed E-state index contributed by atoms with van der Waals surface area (Å²) in [5.41, 5.74) is 0.864. The van der Waals surface area contributed by atoms with Gasteiger partial charge in [0, 0.05) is 39.0 Å². The maximum Gasteiger partial charge on any atom is 0.120 e. The number of hydrogen-bond acceptors (Lipinski definition) is 5. The summed E-state index contributed by atoms with van der Waals surface area (Å²) in [5, 5.41) is 12.9. The van der Waals surface area contributed by atoms with Gasteiger partial charge in [-0.2, -0.15) is 0 Å². The molecule has 6 nitrogen and oxygen atoms in total. The number of aliphatic hydroxyl groups excluding tert-OH is 1. The molecule has 2 N–H and O–H groups in total. The molecule has 1 aliphatic rings. The molecule has 0 amide bonds. The Bertz CT molecular complexity index is 283. The molecule has 1 atom stereocenters. The van der Waals surface area contributed by atoms with E-state index in [0.29, 0.717) is 19.8 Å². The van der Waals surface area contributed by atoms with E-state index >= 15 is 0 Å². The van der Waals surface area contributed by atoms with Gasteiger partial charge in [0.2, 0.25) is 0 Å². The van der Waals surface area contributed by atoms with Gasteiger partial charge in [-0.15, -0.1) is 0 Å². The van der Waals surface area contributed by atoms with Crippen LogP contribution < -0.4 is 5.32 Å². The molecule has 0 aromatic carbocycles. The SMILES string of the molecule is C=C(C)NC=NCN1CCN(CCOC)C(O)C1. The second kappa shape index (κ2) is 8.20. The summed E-state index contributed by atoms with van der Waals surface area (Å²) in [6.45, 7) is 9.98. The summed E-state index contributed by atoms with van der Waals surface area (Å²) in [6, 6.07) is 0. The summed E-state index contributed by atoms with van der Waals surface area (Å²) in [7, 11) is 1.67. The monoisotopic (exact) mass is 256 g/mol. The number of ether oxygens (including phenoxy) is 1. The Morgan fingerprint density at radius 2 is 2.39 bits per heavy atom. The number of aliphatic hydroxyl groups is 1. The number of β-amino-alcohol motifs (C(OH)–C–C–N with tert-alkyl or cyclic N) is 1. The fraction of sp³-hybridized carbons (Fsp3) is 0.750. The van der Waals surface area contributed by atoms with Crippen molar-refractivity contribution >= 4 is 6.34 Å². The molecule has 0 saturated carbocycles. The average molecular weight is 256 g/mol. The lowest BCUT2D eigenvalue weighted by Crippen LogP contribution is -2.53. The third-order valence-corrected chi connectivity index (χ3v) is 2.81. The molecule has 104 valence electrons. The van der Waals surface area contributed by atoms with E-state index in [2.05, 4.69) is 21.8 Å². The van der Waals surface area contributed by atoms with E-state index in [9.17, 15) is 5.11 Å². The van der Waals surface area contributed by atoms with E-state index in [0.717, 1.165) is 25.3 Å². The number of hydrogen-bond donors (Lipinski definition) is 2. The highest BCUT2D eigenvalue weighted by molar-refractivity contribution is 5.56. The van der Waals surface area contributed by atoms with Gasteiger partial charge in [0.15, 0.2) is 0 Å². The minimum absolute atomic E-state index is 0.432. The normalized spacial score (nSPS) is 22.5. The van der Waals surface area contributed by atoms with E-state index in [1.54, 1.807) is 13.4 Å². The molecule has 0 aromatic rings. The first-order chi connectivity index (χ1) is 8.63. The third-order valence-electron chi connectivity index (χ3n) is 2.81. The number of piperazine rings is 1. The highest BCUT2D eigenvalue weighted by Gasteiger charge is 2.24. The van der Waals surface area contributed by atoms with Crippen LogP contribution in [0.15, 0.2) is 17.3 Å². The zero-order valence-electron chi connectivity index (χ0n) is 11.3. The van der Waals surface area contributed by atoms with Crippen LogP contribution in [0.4, 0.5) is 0 Å². The zero-order chi connectivity index (χ0) is 13.4. The molecule has 0 aliphatic carbocycles. The van der Waals surface area contributed by atoms with Crippen LogP contribution in [0.2, 0.25) is 0 Å². The Morgan fingerprint density at radius 1 is 1.61 bits per heavy atom. The molecule has 1 heterocycles. The van der Waals surface area contributed by atoms with Crippen LogP contribution in [-0.2, 0) is 4.74 Å². The maximum absolute atomic E-state index is 9.96. The van der Waals surface area contributed by atoms with Gasteiger partial charge in [-0.1, -0.05) is 6.58 Å². The van der Waals surface area contributed by atoms with E-state index < -0.39 is 6.23 Å². The standard InChI is InChI=1S/C12H24N4O2/c1-11(2)14-9-13-10-15-4-5-16(6-7-18-3)12(17)8-15/h9,12,17H,1,4-8,10H2,2-3H3,(H,13,14). The van der Waals surface area contributed by atoms with Crippen molar-refractivity contribution in [1.82, 2.24) is 15.1 Å². The predicted octanol–water partition coefficient (Wildman–Crippen LogP) is -0.322. The molecular weight excluding hydrogens is 232 g/mol. The Kier molecular flexibility index (Phi) is 6.89. The lowest BCUT2D eigenvalue weighted by Gasteiger charge is -2.37. The van der Waals surface area contributed by atoms with Crippen LogP contribution in [0.3, 0.4) is 0 Å². The van der Waals surface area contributed by atoms with E-state index in [4.69, 9.17) is 4.74 Å². The van der Waals surface area contributed by atoms with Crippen LogP contribution in [0.25, 0.3) is 0 Å². The van der Waals surface area contributed by atoms with Gasteiger partial charge in [0.1, 0.15) is 6.23 Å². The van der Waals surface area contributed by atoms with Crippen molar-refractivity contribution in [2.75, 3.05) is 46.6 Å².